The van der Waals surface area contributed by atoms with Crippen LogP contribution in [0.15, 0.2) is 12.1 Å². The fourth-order valence-electron chi connectivity index (χ4n) is 1.82. The molecule has 17 heavy (non-hydrogen) atoms. The molecular weight excluding hydrogens is 230 g/mol. The van der Waals surface area contributed by atoms with Crippen LogP contribution in [0.2, 0.25) is 0 Å². The van der Waals surface area contributed by atoms with Gasteiger partial charge < -0.3 is 10.2 Å². The molecule has 5 heteroatoms. The van der Waals surface area contributed by atoms with Crippen molar-refractivity contribution in [3.8, 4) is 0 Å². The van der Waals surface area contributed by atoms with E-state index in [-0.39, 0.29) is 12.0 Å². The monoisotopic (exact) mass is 244 g/mol. The number of carboxylic acid groups (broad SMARTS) is 1. The Bertz CT molecular complexity index is 442. The second-order valence-corrected chi connectivity index (χ2v) is 4.54. The summed E-state index contributed by atoms with van der Waals surface area (Å²) in [6, 6.07) is 1.85. The standard InChI is InChI=1S/C12H14F2O3/c1-12(2,5-11(16)17)8-4-10(14)9(13)3-7(8)6-15/h3-4,15H,5-6H2,1-2H3,(H,16,17). The Morgan fingerprint density at radius 1 is 1.29 bits per heavy atom. The zero-order valence-corrected chi connectivity index (χ0v) is 9.63. The van der Waals surface area contributed by atoms with Gasteiger partial charge in [0.05, 0.1) is 13.0 Å². The number of hydrogen-bond donors (Lipinski definition) is 2. The number of halogens is 2. The molecule has 1 aromatic rings. The van der Waals surface area contributed by atoms with E-state index in [1.54, 1.807) is 13.8 Å². The van der Waals surface area contributed by atoms with Gasteiger partial charge >= 0.3 is 5.97 Å². The first-order valence-electron chi connectivity index (χ1n) is 5.09. The predicted octanol–water partition coefficient (Wildman–Crippen LogP) is 2.21. The average molecular weight is 244 g/mol. The highest BCUT2D eigenvalue weighted by Gasteiger charge is 2.28. The first-order valence-corrected chi connectivity index (χ1v) is 5.09. The molecule has 0 radical (unpaired) electrons. The Morgan fingerprint density at radius 3 is 2.29 bits per heavy atom. The minimum absolute atomic E-state index is 0.204. The van der Waals surface area contributed by atoms with Crippen LogP contribution >= 0.6 is 0 Å². The van der Waals surface area contributed by atoms with Crippen LogP contribution in [0.3, 0.4) is 0 Å². The van der Waals surface area contributed by atoms with Crippen LogP contribution in [-0.2, 0) is 16.8 Å². The summed E-state index contributed by atoms with van der Waals surface area (Å²) in [7, 11) is 0. The topological polar surface area (TPSA) is 57.5 Å². The fraction of sp³-hybridized carbons (Fsp3) is 0.417. The number of aliphatic hydroxyl groups is 1. The Kier molecular flexibility index (Phi) is 3.83. The van der Waals surface area contributed by atoms with Crippen molar-refractivity contribution in [2.45, 2.75) is 32.3 Å². The predicted molar refractivity (Wildman–Crippen MR) is 57.6 cm³/mol. The van der Waals surface area contributed by atoms with Crippen molar-refractivity contribution in [2.24, 2.45) is 0 Å². The van der Waals surface area contributed by atoms with Gasteiger partial charge in [-0.15, -0.1) is 0 Å². The van der Waals surface area contributed by atoms with E-state index < -0.39 is 29.6 Å². The van der Waals surface area contributed by atoms with E-state index >= 15 is 0 Å². The molecule has 0 aliphatic carbocycles. The molecule has 0 spiro atoms. The molecule has 0 amide bonds. The second kappa shape index (κ2) is 4.79. The summed E-state index contributed by atoms with van der Waals surface area (Å²) >= 11 is 0. The van der Waals surface area contributed by atoms with Crippen LogP contribution in [0.4, 0.5) is 8.78 Å². The lowest BCUT2D eigenvalue weighted by Crippen LogP contribution is -2.24. The Labute approximate surface area is 97.7 Å². The lowest BCUT2D eigenvalue weighted by atomic mass is 9.79. The molecule has 0 aliphatic heterocycles. The summed E-state index contributed by atoms with van der Waals surface area (Å²) in [5, 5.41) is 17.9. The number of hydrogen-bond acceptors (Lipinski definition) is 2. The van der Waals surface area contributed by atoms with Gasteiger partial charge in [0, 0.05) is 5.41 Å². The third-order valence-electron chi connectivity index (χ3n) is 2.64. The SMILES string of the molecule is CC(C)(CC(=O)O)c1cc(F)c(F)cc1CO. The van der Waals surface area contributed by atoms with Crippen LogP contribution in [0.5, 0.6) is 0 Å². The smallest absolute Gasteiger partial charge is 0.304 e. The highest BCUT2D eigenvalue weighted by molar-refractivity contribution is 5.69. The van der Waals surface area contributed by atoms with Gasteiger partial charge in [-0.25, -0.2) is 8.78 Å². The maximum absolute atomic E-state index is 13.2. The Balaban J connectivity index is 3.28. The van der Waals surface area contributed by atoms with Gasteiger partial charge in [0.1, 0.15) is 0 Å². The summed E-state index contributed by atoms with van der Waals surface area (Å²) in [5.74, 6) is -3.14. The van der Waals surface area contributed by atoms with Crippen LogP contribution in [0.25, 0.3) is 0 Å². The van der Waals surface area contributed by atoms with Gasteiger partial charge in [0.2, 0.25) is 0 Å². The summed E-state index contributed by atoms with van der Waals surface area (Å²) in [5.41, 5.74) is -0.366. The highest BCUT2D eigenvalue weighted by Crippen LogP contribution is 2.31. The maximum atomic E-state index is 13.2. The van der Waals surface area contributed by atoms with E-state index in [0.29, 0.717) is 5.56 Å². The van der Waals surface area contributed by atoms with Crippen molar-refractivity contribution in [3.63, 3.8) is 0 Å². The molecule has 0 saturated carbocycles. The number of aliphatic carboxylic acids is 1. The quantitative estimate of drug-likeness (QED) is 0.853. The molecule has 0 aliphatic rings. The van der Waals surface area contributed by atoms with Gasteiger partial charge in [-0.05, 0) is 23.3 Å². The maximum Gasteiger partial charge on any atom is 0.304 e. The lowest BCUT2D eigenvalue weighted by Gasteiger charge is -2.25. The van der Waals surface area contributed by atoms with Gasteiger partial charge in [-0.3, -0.25) is 4.79 Å². The minimum atomic E-state index is -1.05. The normalized spacial score (nSPS) is 11.6. The molecule has 3 nitrogen and oxygen atoms in total. The number of rotatable bonds is 4. The minimum Gasteiger partial charge on any atom is -0.481 e. The molecule has 0 saturated heterocycles. The molecule has 0 bridgehead atoms. The van der Waals surface area contributed by atoms with E-state index in [1.165, 1.54) is 0 Å². The molecule has 1 aromatic carbocycles. The molecule has 2 N–H and O–H groups in total. The van der Waals surface area contributed by atoms with Gasteiger partial charge in [0.15, 0.2) is 11.6 Å². The van der Waals surface area contributed by atoms with E-state index in [4.69, 9.17) is 10.2 Å². The first-order chi connectivity index (χ1) is 7.77. The molecule has 94 valence electrons. The van der Waals surface area contributed by atoms with Crippen molar-refractivity contribution < 1.29 is 23.8 Å². The zero-order valence-electron chi connectivity index (χ0n) is 9.63. The second-order valence-electron chi connectivity index (χ2n) is 4.54. The van der Waals surface area contributed by atoms with Crippen LogP contribution < -0.4 is 0 Å². The number of benzene rings is 1. The van der Waals surface area contributed by atoms with Crippen molar-refractivity contribution in [1.29, 1.82) is 0 Å². The summed E-state index contributed by atoms with van der Waals surface area (Å²) < 4.78 is 26.2. The molecular formula is C12H14F2O3. The highest BCUT2D eigenvalue weighted by atomic mass is 19.2. The van der Waals surface area contributed by atoms with E-state index in [2.05, 4.69) is 0 Å². The summed E-state index contributed by atoms with van der Waals surface area (Å²) in [6.45, 7) is 2.75. The molecule has 0 fully saturated rings. The van der Waals surface area contributed by atoms with E-state index in [9.17, 15) is 13.6 Å². The van der Waals surface area contributed by atoms with Gasteiger partial charge in [-0.1, -0.05) is 13.8 Å². The van der Waals surface area contributed by atoms with Crippen molar-refractivity contribution in [1.82, 2.24) is 0 Å². The zero-order chi connectivity index (χ0) is 13.2. The molecule has 0 aromatic heterocycles. The third kappa shape index (κ3) is 3.00. The summed E-state index contributed by atoms with van der Waals surface area (Å²) in [4.78, 5) is 10.7. The molecule has 0 unspecified atom stereocenters. The number of carboxylic acids is 1. The summed E-state index contributed by atoms with van der Waals surface area (Å²) in [6.07, 6.45) is -0.231. The number of aliphatic hydroxyl groups excluding tert-OH is 1. The van der Waals surface area contributed by atoms with Crippen molar-refractivity contribution >= 4 is 5.97 Å². The molecule has 0 atom stereocenters. The van der Waals surface area contributed by atoms with Crippen molar-refractivity contribution in [2.75, 3.05) is 0 Å². The van der Waals surface area contributed by atoms with E-state index in [0.717, 1.165) is 12.1 Å². The van der Waals surface area contributed by atoms with Crippen molar-refractivity contribution in [3.05, 3.63) is 34.9 Å². The molecule has 1 rings (SSSR count). The van der Waals surface area contributed by atoms with Crippen LogP contribution in [0.1, 0.15) is 31.4 Å². The molecule has 0 heterocycles. The van der Waals surface area contributed by atoms with E-state index in [1.807, 2.05) is 0 Å². The third-order valence-corrected chi connectivity index (χ3v) is 2.64. The first kappa shape index (κ1) is 13.6. The van der Waals surface area contributed by atoms with Gasteiger partial charge in [0.25, 0.3) is 0 Å². The van der Waals surface area contributed by atoms with Gasteiger partial charge in [-0.2, -0.15) is 0 Å². The van der Waals surface area contributed by atoms with Crippen LogP contribution in [-0.4, -0.2) is 16.2 Å². The number of carbonyl (C=O) groups is 1. The van der Waals surface area contributed by atoms with Crippen LogP contribution in [0, 0.1) is 11.6 Å². The Morgan fingerprint density at radius 2 is 1.82 bits per heavy atom. The fourth-order valence-corrected chi connectivity index (χ4v) is 1.82. The average Bonchev–Trinajstić information content (AvgIpc) is 2.19. The largest absolute Gasteiger partial charge is 0.481 e. The Hall–Kier alpha value is -1.49. The lowest BCUT2D eigenvalue weighted by molar-refractivity contribution is -0.138.